The number of hydrogen-bond acceptors (Lipinski definition) is 5. The number of sulfone groups is 1. The Bertz CT molecular complexity index is 1490. The summed E-state index contributed by atoms with van der Waals surface area (Å²) in [5.74, 6) is -0.0969. The van der Waals surface area contributed by atoms with Crippen LogP contribution in [0.3, 0.4) is 0 Å². The molecule has 1 aliphatic carbocycles. The lowest BCUT2D eigenvalue weighted by molar-refractivity contribution is 0.0950. The van der Waals surface area contributed by atoms with E-state index >= 15 is 0 Å². The van der Waals surface area contributed by atoms with Crippen molar-refractivity contribution in [2.75, 3.05) is 0 Å². The molecule has 1 aliphatic rings. The number of rotatable bonds is 7. The molecule has 0 radical (unpaired) electrons. The van der Waals surface area contributed by atoms with E-state index in [0.717, 1.165) is 34.9 Å². The van der Waals surface area contributed by atoms with Gasteiger partial charge in [-0.25, -0.2) is 13.4 Å². The predicted octanol–water partition coefficient (Wildman–Crippen LogP) is 4.93. The first kappa shape index (κ1) is 23.9. The minimum Gasteiger partial charge on any atom is -0.348 e. The maximum atomic E-state index is 13.4. The number of fused-ring (bicyclic) bond motifs is 1. The van der Waals surface area contributed by atoms with Crippen molar-refractivity contribution >= 4 is 32.4 Å². The zero-order chi connectivity index (χ0) is 25.1. The highest BCUT2D eigenvalue weighted by Gasteiger charge is 2.34. The molecule has 184 valence electrons. The highest BCUT2D eigenvalue weighted by molar-refractivity contribution is 7.92. The van der Waals surface area contributed by atoms with Crippen LogP contribution in [0.15, 0.2) is 84.5 Å². The minimum atomic E-state index is -3.46. The number of nitrogens with one attached hydrogen (secondary N) is 2. The average molecular weight is 501 g/mol. The molecule has 2 aromatic heterocycles. The van der Waals surface area contributed by atoms with E-state index in [0.29, 0.717) is 28.9 Å². The number of carbonyl (C=O) groups excluding carboxylic acids is 1. The number of aromatic nitrogens is 3. The molecule has 2 unspecified atom stereocenters. The summed E-state index contributed by atoms with van der Waals surface area (Å²) < 4.78 is 26.9. The number of nitrogens with zero attached hydrogens (tertiary/aromatic N) is 2. The number of amides is 1. The Morgan fingerprint density at radius 3 is 2.58 bits per heavy atom. The van der Waals surface area contributed by atoms with Gasteiger partial charge in [-0.3, -0.25) is 9.89 Å². The third-order valence-corrected chi connectivity index (χ3v) is 9.20. The van der Waals surface area contributed by atoms with Crippen LogP contribution in [0.2, 0.25) is 0 Å². The molecule has 0 saturated heterocycles. The monoisotopic (exact) mass is 500 g/mol. The van der Waals surface area contributed by atoms with Crippen LogP contribution in [0, 0.1) is 5.92 Å². The lowest BCUT2D eigenvalue weighted by atomic mass is 9.81. The maximum Gasteiger partial charge on any atom is 0.253 e. The minimum absolute atomic E-state index is 0.158. The summed E-state index contributed by atoms with van der Waals surface area (Å²) in [4.78, 5) is 17.0. The van der Waals surface area contributed by atoms with Gasteiger partial charge in [0.1, 0.15) is 0 Å². The Morgan fingerprint density at radius 2 is 1.81 bits per heavy atom. The molecule has 0 spiro atoms. The van der Waals surface area contributed by atoms with Crippen LogP contribution in [0.1, 0.15) is 47.2 Å². The van der Waals surface area contributed by atoms with Crippen LogP contribution < -0.4 is 5.32 Å². The SMILES string of the molecule is C=C(c1ccccc1)C1CCCC(S(=O)(=O)c2ccc(CNC(=O)c3cnc4[nH]ncc4c3)cc2)C1. The quantitative estimate of drug-likeness (QED) is 0.374. The van der Waals surface area contributed by atoms with Crippen molar-refractivity contribution in [2.45, 2.75) is 42.4 Å². The van der Waals surface area contributed by atoms with Crippen LogP contribution in [0.5, 0.6) is 0 Å². The Balaban J connectivity index is 1.22. The van der Waals surface area contributed by atoms with Gasteiger partial charge >= 0.3 is 0 Å². The molecule has 1 amide bonds. The van der Waals surface area contributed by atoms with E-state index in [4.69, 9.17) is 0 Å². The fourth-order valence-corrected chi connectivity index (χ4v) is 6.73. The number of H-pyrrole nitrogens is 1. The molecule has 2 aromatic carbocycles. The molecule has 1 fully saturated rings. The molecule has 2 heterocycles. The Morgan fingerprint density at radius 1 is 1.03 bits per heavy atom. The first-order valence-electron chi connectivity index (χ1n) is 12.1. The Labute approximate surface area is 210 Å². The molecule has 36 heavy (non-hydrogen) atoms. The molecule has 1 saturated carbocycles. The van der Waals surface area contributed by atoms with Crippen LogP contribution in [-0.4, -0.2) is 34.8 Å². The van der Waals surface area contributed by atoms with Gasteiger partial charge in [0.15, 0.2) is 15.5 Å². The number of carbonyl (C=O) groups is 1. The van der Waals surface area contributed by atoms with Gasteiger partial charge in [0.25, 0.3) is 5.91 Å². The summed E-state index contributed by atoms with van der Waals surface area (Å²) in [5.41, 5.74) is 3.97. The summed E-state index contributed by atoms with van der Waals surface area (Å²) >= 11 is 0. The van der Waals surface area contributed by atoms with Crippen molar-refractivity contribution in [3.05, 3.63) is 96.3 Å². The van der Waals surface area contributed by atoms with Crippen molar-refractivity contribution in [1.29, 1.82) is 0 Å². The van der Waals surface area contributed by atoms with E-state index in [2.05, 4.69) is 27.1 Å². The van der Waals surface area contributed by atoms with E-state index in [1.54, 1.807) is 36.5 Å². The van der Waals surface area contributed by atoms with Crippen LogP contribution in [0.4, 0.5) is 0 Å². The molecule has 7 nitrogen and oxygen atoms in total. The first-order chi connectivity index (χ1) is 17.4. The van der Waals surface area contributed by atoms with Gasteiger partial charge in [-0.1, -0.05) is 55.5 Å². The van der Waals surface area contributed by atoms with Gasteiger partial charge in [-0.05, 0) is 60.1 Å². The average Bonchev–Trinajstić information content (AvgIpc) is 3.40. The number of pyridine rings is 1. The lowest BCUT2D eigenvalue weighted by Gasteiger charge is -2.30. The molecule has 5 rings (SSSR count). The van der Waals surface area contributed by atoms with Gasteiger partial charge in [-0.15, -0.1) is 0 Å². The van der Waals surface area contributed by atoms with Crippen molar-refractivity contribution in [1.82, 2.24) is 20.5 Å². The zero-order valence-electron chi connectivity index (χ0n) is 19.9. The van der Waals surface area contributed by atoms with Crippen molar-refractivity contribution in [3.8, 4) is 0 Å². The van der Waals surface area contributed by atoms with Gasteiger partial charge < -0.3 is 5.32 Å². The molecule has 0 bridgehead atoms. The molecule has 8 heteroatoms. The highest BCUT2D eigenvalue weighted by atomic mass is 32.2. The summed E-state index contributed by atoms with van der Waals surface area (Å²) in [6.07, 6.45) is 6.18. The smallest absolute Gasteiger partial charge is 0.253 e. The second-order valence-corrected chi connectivity index (χ2v) is 11.5. The van der Waals surface area contributed by atoms with Gasteiger partial charge in [0.2, 0.25) is 0 Å². The molecular weight excluding hydrogens is 472 g/mol. The fraction of sp³-hybridized carbons (Fsp3) is 0.250. The normalized spacial score (nSPS) is 18.1. The topological polar surface area (TPSA) is 105 Å². The fourth-order valence-electron chi connectivity index (χ4n) is 4.87. The van der Waals surface area contributed by atoms with Gasteiger partial charge in [0.05, 0.1) is 21.9 Å². The molecule has 2 atom stereocenters. The lowest BCUT2D eigenvalue weighted by Crippen LogP contribution is -2.29. The highest BCUT2D eigenvalue weighted by Crippen LogP contribution is 2.38. The number of allylic oxidation sites excluding steroid dienone is 1. The largest absolute Gasteiger partial charge is 0.348 e. The van der Waals surface area contributed by atoms with Crippen molar-refractivity contribution in [3.63, 3.8) is 0 Å². The molecule has 2 N–H and O–H groups in total. The third kappa shape index (κ3) is 4.95. The number of aromatic amines is 1. The number of benzene rings is 2. The summed E-state index contributed by atoms with van der Waals surface area (Å²) in [6, 6.07) is 18.5. The second-order valence-electron chi connectivity index (χ2n) is 9.28. The number of hydrogen-bond donors (Lipinski definition) is 2. The van der Waals surface area contributed by atoms with E-state index in [1.165, 1.54) is 6.20 Å². The van der Waals surface area contributed by atoms with Crippen LogP contribution in [0.25, 0.3) is 16.6 Å². The van der Waals surface area contributed by atoms with Gasteiger partial charge in [-0.2, -0.15) is 5.10 Å². The Hall–Kier alpha value is -3.78. The van der Waals surface area contributed by atoms with E-state index in [-0.39, 0.29) is 18.4 Å². The zero-order valence-corrected chi connectivity index (χ0v) is 20.7. The molecule has 4 aromatic rings. The summed E-state index contributed by atoms with van der Waals surface area (Å²) in [7, 11) is -3.46. The van der Waals surface area contributed by atoms with Gasteiger partial charge in [0, 0.05) is 18.1 Å². The summed E-state index contributed by atoms with van der Waals surface area (Å²) in [6.45, 7) is 4.56. The van der Waals surface area contributed by atoms with E-state index < -0.39 is 15.1 Å². The van der Waals surface area contributed by atoms with Crippen LogP contribution in [-0.2, 0) is 16.4 Å². The van der Waals surface area contributed by atoms with E-state index in [1.807, 2.05) is 30.3 Å². The predicted molar refractivity (Wildman–Crippen MR) is 140 cm³/mol. The van der Waals surface area contributed by atoms with E-state index in [9.17, 15) is 13.2 Å². The second kappa shape index (κ2) is 10.1. The first-order valence-corrected chi connectivity index (χ1v) is 13.6. The van der Waals surface area contributed by atoms with Crippen molar-refractivity contribution < 1.29 is 13.2 Å². The molecular formula is C28H28N4O3S. The molecule has 0 aliphatic heterocycles. The van der Waals surface area contributed by atoms with Crippen LogP contribution >= 0.6 is 0 Å². The summed E-state index contributed by atoms with van der Waals surface area (Å²) in [5, 5.41) is 9.86. The van der Waals surface area contributed by atoms with Crippen molar-refractivity contribution in [2.24, 2.45) is 5.92 Å². The standard InChI is InChI=1S/C28H28N4O3S/c1-19(21-6-3-2-4-7-21)22-8-5-9-26(15-22)36(34,35)25-12-10-20(11-13-25)16-30-28(33)24-14-23-18-31-32-27(23)29-17-24/h2-4,6-7,10-14,17-18,22,26H,1,5,8-9,15-16H2,(H,30,33)(H,29,31,32). The third-order valence-electron chi connectivity index (χ3n) is 6.96. The maximum absolute atomic E-state index is 13.4. The Kier molecular flexibility index (Phi) is 6.69.